The van der Waals surface area contributed by atoms with Crippen molar-refractivity contribution >= 4 is 39.0 Å². The van der Waals surface area contributed by atoms with Gasteiger partial charge in [0.05, 0.1) is 21.2 Å². The fraction of sp³-hybridized carbons (Fsp3) is 0.417. The number of hydrogen-bond acceptors (Lipinski definition) is 3. The first-order valence-corrected chi connectivity index (χ1v) is 8.17. The number of carboxylic acid groups (broad SMARTS) is 1. The van der Waals surface area contributed by atoms with Crippen molar-refractivity contribution < 1.29 is 18.3 Å². The summed E-state index contributed by atoms with van der Waals surface area (Å²) >= 11 is 11.6. The fourth-order valence-electron chi connectivity index (χ4n) is 1.78. The van der Waals surface area contributed by atoms with Crippen molar-refractivity contribution in [2.24, 2.45) is 5.92 Å². The van der Waals surface area contributed by atoms with Crippen LogP contribution in [-0.2, 0) is 9.84 Å². The predicted molar refractivity (Wildman–Crippen MR) is 72.8 cm³/mol. The molecule has 104 valence electrons. The molecule has 0 bridgehead atoms. The van der Waals surface area contributed by atoms with Gasteiger partial charge in [-0.15, -0.1) is 0 Å². The van der Waals surface area contributed by atoms with E-state index in [0.717, 1.165) is 18.9 Å². The molecule has 0 spiro atoms. The normalized spacial score (nSPS) is 15.5. The zero-order valence-electron chi connectivity index (χ0n) is 9.90. The average molecular weight is 323 g/mol. The molecule has 1 aromatic rings. The van der Waals surface area contributed by atoms with Crippen molar-refractivity contribution in [2.75, 3.05) is 5.75 Å². The van der Waals surface area contributed by atoms with E-state index in [4.69, 9.17) is 28.3 Å². The van der Waals surface area contributed by atoms with Crippen molar-refractivity contribution in [1.29, 1.82) is 0 Å². The van der Waals surface area contributed by atoms with Crippen LogP contribution in [0.25, 0.3) is 0 Å². The van der Waals surface area contributed by atoms with Crippen molar-refractivity contribution in [1.82, 2.24) is 0 Å². The molecule has 0 saturated heterocycles. The molecule has 4 nitrogen and oxygen atoms in total. The van der Waals surface area contributed by atoms with Crippen LogP contribution in [0.5, 0.6) is 0 Å². The van der Waals surface area contributed by atoms with E-state index in [1.807, 2.05) is 0 Å². The Labute approximate surface area is 121 Å². The van der Waals surface area contributed by atoms with Crippen molar-refractivity contribution in [3.8, 4) is 0 Å². The van der Waals surface area contributed by atoms with Crippen LogP contribution in [0, 0.1) is 5.92 Å². The summed E-state index contributed by atoms with van der Waals surface area (Å²) in [6, 6.07) is 2.35. The molecule has 0 amide bonds. The summed E-state index contributed by atoms with van der Waals surface area (Å²) < 4.78 is 24.4. The van der Waals surface area contributed by atoms with E-state index < -0.39 is 15.8 Å². The molecular formula is C12H12Cl2O4S. The Bertz CT molecular complexity index is 621. The van der Waals surface area contributed by atoms with Gasteiger partial charge in [0.25, 0.3) is 0 Å². The van der Waals surface area contributed by atoms with Crippen LogP contribution in [0.3, 0.4) is 0 Å². The molecule has 0 aromatic heterocycles. The molecular weight excluding hydrogens is 311 g/mol. The highest BCUT2D eigenvalue weighted by atomic mass is 35.5. The Balaban J connectivity index is 2.39. The molecule has 1 aliphatic carbocycles. The molecule has 0 radical (unpaired) electrons. The molecule has 1 saturated carbocycles. The van der Waals surface area contributed by atoms with Gasteiger partial charge in [0, 0.05) is 5.02 Å². The number of carbonyl (C=O) groups is 1. The summed E-state index contributed by atoms with van der Waals surface area (Å²) in [5.41, 5.74) is -0.292. The largest absolute Gasteiger partial charge is 0.478 e. The summed E-state index contributed by atoms with van der Waals surface area (Å²) in [6.45, 7) is 0. The van der Waals surface area contributed by atoms with Gasteiger partial charge in [-0.2, -0.15) is 0 Å². The molecule has 0 heterocycles. The summed E-state index contributed by atoms with van der Waals surface area (Å²) in [6.07, 6.45) is 2.69. The first-order valence-electron chi connectivity index (χ1n) is 5.76. The second kappa shape index (κ2) is 5.31. The molecule has 0 unspecified atom stereocenters. The van der Waals surface area contributed by atoms with Gasteiger partial charge in [-0.25, -0.2) is 13.2 Å². The number of halogens is 2. The lowest BCUT2D eigenvalue weighted by Gasteiger charge is -2.09. The van der Waals surface area contributed by atoms with Gasteiger partial charge >= 0.3 is 5.97 Å². The highest BCUT2D eigenvalue weighted by molar-refractivity contribution is 7.91. The third-order valence-electron chi connectivity index (χ3n) is 3.06. The number of rotatable bonds is 5. The maximum atomic E-state index is 12.2. The van der Waals surface area contributed by atoms with Crippen LogP contribution in [0.1, 0.15) is 29.6 Å². The summed E-state index contributed by atoms with van der Waals surface area (Å²) in [5.74, 6) is -0.866. The number of sulfone groups is 1. The minimum absolute atomic E-state index is 0.0310. The Morgan fingerprint density at radius 3 is 2.47 bits per heavy atom. The van der Waals surface area contributed by atoms with Crippen LogP contribution in [0.2, 0.25) is 10.0 Å². The SMILES string of the molecule is O=C(O)c1cc(Cl)cc(S(=O)(=O)CCC2CC2)c1Cl. The second-order valence-electron chi connectivity index (χ2n) is 4.62. The lowest BCUT2D eigenvalue weighted by molar-refractivity contribution is 0.0697. The van der Waals surface area contributed by atoms with Gasteiger partial charge < -0.3 is 5.11 Å². The van der Waals surface area contributed by atoms with E-state index in [-0.39, 0.29) is 26.3 Å². The standard InChI is InChI=1S/C12H12Cl2O4S/c13-8-5-9(12(15)16)11(14)10(6-8)19(17,18)4-3-7-1-2-7/h5-7H,1-4H2,(H,15,16). The minimum atomic E-state index is -3.60. The predicted octanol–water partition coefficient (Wildman–Crippen LogP) is 3.27. The summed E-state index contributed by atoms with van der Waals surface area (Å²) in [5, 5.41) is 8.75. The van der Waals surface area contributed by atoms with Gasteiger partial charge in [-0.3, -0.25) is 0 Å². The Kier molecular flexibility index (Phi) is 4.08. The highest BCUT2D eigenvalue weighted by Crippen LogP contribution is 2.35. The minimum Gasteiger partial charge on any atom is -0.478 e. The Morgan fingerprint density at radius 2 is 1.95 bits per heavy atom. The lowest BCUT2D eigenvalue weighted by atomic mass is 10.2. The van der Waals surface area contributed by atoms with Crippen molar-refractivity contribution in [3.63, 3.8) is 0 Å². The van der Waals surface area contributed by atoms with E-state index in [0.29, 0.717) is 12.3 Å². The molecule has 7 heteroatoms. The highest BCUT2D eigenvalue weighted by Gasteiger charge is 2.27. The van der Waals surface area contributed by atoms with Crippen LogP contribution < -0.4 is 0 Å². The number of carboxylic acids is 1. The molecule has 1 aromatic carbocycles. The van der Waals surface area contributed by atoms with Crippen LogP contribution in [-0.4, -0.2) is 25.2 Å². The molecule has 1 aliphatic rings. The fourth-order valence-corrected chi connectivity index (χ4v) is 4.16. The topological polar surface area (TPSA) is 71.4 Å². The van der Waals surface area contributed by atoms with Gasteiger partial charge in [-0.1, -0.05) is 36.0 Å². The Hall–Kier alpha value is -0.780. The van der Waals surface area contributed by atoms with Gasteiger partial charge in [-0.05, 0) is 24.5 Å². The van der Waals surface area contributed by atoms with Gasteiger partial charge in [0.1, 0.15) is 0 Å². The first kappa shape index (κ1) is 14.6. The van der Waals surface area contributed by atoms with E-state index in [1.54, 1.807) is 0 Å². The molecule has 1 fully saturated rings. The first-order chi connectivity index (χ1) is 8.81. The maximum Gasteiger partial charge on any atom is 0.337 e. The third kappa shape index (κ3) is 3.41. The van der Waals surface area contributed by atoms with E-state index in [9.17, 15) is 13.2 Å². The monoisotopic (exact) mass is 322 g/mol. The number of aromatic carboxylic acids is 1. The quantitative estimate of drug-likeness (QED) is 0.903. The van der Waals surface area contributed by atoms with Gasteiger partial charge in [0.15, 0.2) is 9.84 Å². The zero-order valence-corrected chi connectivity index (χ0v) is 12.2. The van der Waals surface area contributed by atoms with Crippen molar-refractivity contribution in [2.45, 2.75) is 24.2 Å². The number of hydrogen-bond donors (Lipinski definition) is 1. The van der Waals surface area contributed by atoms with Crippen LogP contribution in [0.4, 0.5) is 0 Å². The smallest absolute Gasteiger partial charge is 0.337 e. The zero-order chi connectivity index (χ0) is 14.2. The van der Waals surface area contributed by atoms with E-state index >= 15 is 0 Å². The molecule has 1 N–H and O–H groups in total. The second-order valence-corrected chi connectivity index (χ2v) is 7.51. The molecule has 0 atom stereocenters. The Morgan fingerprint density at radius 1 is 1.32 bits per heavy atom. The average Bonchev–Trinajstić information content (AvgIpc) is 3.12. The van der Waals surface area contributed by atoms with Crippen molar-refractivity contribution in [3.05, 3.63) is 27.7 Å². The van der Waals surface area contributed by atoms with E-state index in [2.05, 4.69) is 0 Å². The lowest BCUT2D eigenvalue weighted by Crippen LogP contribution is -2.10. The molecule has 2 rings (SSSR count). The molecule has 19 heavy (non-hydrogen) atoms. The molecule has 0 aliphatic heterocycles. The van der Waals surface area contributed by atoms with Crippen LogP contribution in [0.15, 0.2) is 17.0 Å². The summed E-state index contributed by atoms with van der Waals surface area (Å²) in [7, 11) is -3.60. The number of benzene rings is 1. The maximum absolute atomic E-state index is 12.2. The summed E-state index contributed by atoms with van der Waals surface area (Å²) in [4.78, 5) is 10.8. The van der Waals surface area contributed by atoms with E-state index in [1.165, 1.54) is 6.07 Å². The van der Waals surface area contributed by atoms with Gasteiger partial charge in [0.2, 0.25) is 0 Å². The third-order valence-corrected chi connectivity index (χ3v) is 5.56. The van der Waals surface area contributed by atoms with Crippen LogP contribution >= 0.6 is 23.2 Å².